The number of nitrogens with one attached hydrogen (secondary N) is 2. The van der Waals surface area contributed by atoms with Crippen LogP contribution in [0.25, 0.3) is 0 Å². The van der Waals surface area contributed by atoms with Crippen LogP contribution in [0.15, 0.2) is 0 Å². The maximum Gasteiger partial charge on any atom is 0.407 e. The Kier molecular flexibility index (Phi) is 6.44. The number of carbonyl (C=O) groups is 3. The van der Waals surface area contributed by atoms with E-state index in [2.05, 4.69) is 15.4 Å². The minimum atomic E-state index is -2.10. The van der Waals surface area contributed by atoms with Gasteiger partial charge in [-0.3, -0.25) is 4.79 Å². The molecule has 0 heterocycles. The third-order valence-corrected chi connectivity index (χ3v) is 1.99. The average molecular weight is 290 g/mol. The second-order valence-electron chi connectivity index (χ2n) is 5.29. The van der Waals surface area contributed by atoms with Crippen molar-refractivity contribution in [1.29, 1.82) is 0 Å². The monoisotopic (exact) mass is 290 g/mol. The van der Waals surface area contributed by atoms with Crippen LogP contribution in [0.2, 0.25) is 0 Å². The first-order valence-electron chi connectivity index (χ1n) is 6.06. The van der Waals surface area contributed by atoms with Gasteiger partial charge in [0.2, 0.25) is 11.6 Å². The first-order valence-corrected chi connectivity index (χ1v) is 6.06. The summed E-state index contributed by atoms with van der Waals surface area (Å²) in [5, 5.41) is 14.1. The molecular weight excluding hydrogens is 268 g/mol. The highest BCUT2D eigenvalue weighted by atomic mass is 16.6. The fourth-order valence-electron chi connectivity index (χ4n) is 1.18. The molecule has 0 fully saturated rings. The molecule has 0 radical (unpaired) electrons. The zero-order chi connectivity index (χ0) is 16.0. The Bertz CT molecular complexity index is 373. The van der Waals surface area contributed by atoms with Gasteiger partial charge < -0.3 is 25.2 Å². The third-order valence-electron chi connectivity index (χ3n) is 1.99. The smallest absolute Gasteiger partial charge is 0.407 e. The van der Waals surface area contributed by atoms with Crippen molar-refractivity contribution in [3.05, 3.63) is 0 Å². The van der Waals surface area contributed by atoms with E-state index in [1.807, 2.05) is 0 Å². The summed E-state index contributed by atoms with van der Waals surface area (Å²) in [6.45, 7) is 6.25. The van der Waals surface area contributed by atoms with Gasteiger partial charge in [-0.2, -0.15) is 0 Å². The van der Waals surface area contributed by atoms with E-state index in [1.165, 1.54) is 0 Å². The first kappa shape index (κ1) is 18.2. The average Bonchev–Trinajstić information content (AvgIpc) is 2.24. The number of rotatable bonds is 5. The predicted octanol–water partition coefficient (Wildman–Crippen LogP) is -0.101. The van der Waals surface area contributed by atoms with Crippen LogP contribution in [0.5, 0.6) is 0 Å². The van der Waals surface area contributed by atoms with E-state index in [0.717, 1.165) is 14.0 Å². The molecule has 0 saturated heterocycles. The molecule has 0 aromatic heterocycles. The van der Waals surface area contributed by atoms with Crippen LogP contribution in [0.4, 0.5) is 4.79 Å². The van der Waals surface area contributed by atoms with Gasteiger partial charge in [-0.1, -0.05) is 0 Å². The second-order valence-corrected chi connectivity index (χ2v) is 5.29. The molecule has 20 heavy (non-hydrogen) atoms. The summed E-state index contributed by atoms with van der Waals surface area (Å²) >= 11 is 0. The van der Waals surface area contributed by atoms with Crippen LogP contribution in [0, 0.1) is 0 Å². The van der Waals surface area contributed by atoms with Crippen LogP contribution in [-0.2, 0) is 19.1 Å². The van der Waals surface area contributed by atoms with E-state index in [1.54, 1.807) is 20.8 Å². The van der Waals surface area contributed by atoms with E-state index in [0.29, 0.717) is 0 Å². The van der Waals surface area contributed by atoms with Crippen molar-refractivity contribution in [3.63, 3.8) is 0 Å². The number of methoxy groups -OCH3 is 1. The molecular formula is C12H22N2O6. The molecule has 0 aliphatic heterocycles. The fraction of sp³-hybridized carbons (Fsp3) is 0.750. The van der Waals surface area contributed by atoms with E-state index < -0.39 is 29.3 Å². The molecule has 0 spiro atoms. The highest BCUT2D eigenvalue weighted by molar-refractivity contribution is 5.86. The van der Waals surface area contributed by atoms with E-state index >= 15 is 0 Å². The van der Waals surface area contributed by atoms with Crippen LogP contribution in [0.1, 0.15) is 34.1 Å². The Morgan fingerprint density at radius 1 is 1.15 bits per heavy atom. The van der Waals surface area contributed by atoms with Crippen LogP contribution in [-0.4, -0.2) is 48.1 Å². The van der Waals surface area contributed by atoms with E-state index in [9.17, 15) is 19.5 Å². The highest BCUT2D eigenvalue weighted by Crippen LogP contribution is 2.06. The first-order chi connectivity index (χ1) is 8.98. The minimum absolute atomic E-state index is 0.0119. The Morgan fingerprint density at radius 3 is 2.15 bits per heavy atom. The number of aliphatic hydroxyl groups is 1. The lowest BCUT2D eigenvalue weighted by Crippen LogP contribution is -2.53. The summed E-state index contributed by atoms with van der Waals surface area (Å²) in [5.41, 5.74) is -2.72. The topological polar surface area (TPSA) is 114 Å². The number of hydrogen-bond donors (Lipinski definition) is 3. The van der Waals surface area contributed by atoms with Crippen molar-refractivity contribution in [3.8, 4) is 0 Å². The molecule has 0 aliphatic carbocycles. The third kappa shape index (κ3) is 7.57. The van der Waals surface area contributed by atoms with Gasteiger partial charge in [0.25, 0.3) is 0 Å². The molecule has 3 N–H and O–H groups in total. The summed E-state index contributed by atoms with van der Waals surface area (Å²) in [7, 11) is 1.09. The van der Waals surface area contributed by atoms with E-state index in [-0.39, 0.29) is 13.0 Å². The Morgan fingerprint density at radius 2 is 1.70 bits per heavy atom. The van der Waals surface area contributed by atoms with E-state index in [4.69, 9.17) is 4.74 Å². The van der Waals surface area contributed by atoms with Crippen molar-refractivity contribution in [1.82, 2.24) is 10.6 Å². The minimum Gasteiger partial charge on any atom is -0.465 e. The van der Waals surface area contributed by atoms with Crippen LogP contribution in [0.3, 0.4) is 0 Å². The van der Waals surface area contributed by atoms with Gasteiger partial charge in [0.05, 0.1) is 7.11 Å². The fourth-order valence-corrected chi connectivity index (χ4v) is 1.18. The molecule has 1 atom stereocenters. The van der Waals surface area contributed by atoms with Crippen molar-refractivity contribution < 1.29 is 29.0 Å². The summed E-state index contributed by atoms with van der Waals surface area (Å²) in [6.07, 6.45) is -0.767. The summed E-state index contributed by atoms with van der Waals surface area (Å²) in [5.74, 6) is -1.59. The molecule has 0 aliphatic rings. The molecule has 1 unspecified atom stereocenters. The molecule has 0 aromatic rings. The molecule has 8 nitrogen and oxygen atoms in total. The zero-order valence-corrected chi connectivity index (χ0v) is 12.4. The van der Waals surface area contributed by atoms with Gasteiger partial charge in [-0.25, -0.2) is 9.59 Å². The van der Waals surface area contributed by atoms with Crippen molar-refractivity contribution in [2.75, 3.05) is 13.7 Å². The second kappa shape index (κ2) is 7.09. The standard InChI is InChI=1S/C12H22N2O6/c1-11(2,3)20-10(17)13-7-6-8(15)14-12(4,18)9(16)19-5/h18H,6-7H2,1-5H3,(H,13,17)(H,14,15). The molecule has 116 valence electrons. The summed E-state index contributed by atoms with van der Waals surface area (Å²) in [6, 6.07) is 0. The molecule has 8 heteroatoms. The Hall–Kier alpha value is -1.83. The number of alkyl carbamates (subject to hydrolysis) is 1. The summed E-state index contributed by atoms with van der Waals surface area (Å²) < 4.78 is 9.29. The van der Waals surface area contributed by atoms with Crippen LogP contribution < -0.4 is 10.6 Å². The van der Waals surface area contributed by atoms with Gasteiger partial charge in [0, 0.05) is 13.0 Å². The van der Waals surface area contributed by atoms with Gasteiger partial charge >= 0.3 is 12.1 Å². The number of esters is 1. The molecule has 0 saturated carbocycles. The Labute approximate surface area is 117 Å². The zero-order valence-electron chi connectivity index (χ0n) is 12.4. The van der Waals surface area contributed by atoms with Gasteiger partial charge in [0.1, 0.15) is 5.60 Å². The van der Waals surface area contributed by atoms with Gasteiger partial charge in [-0.05, 0) is 27.7 Å². The maximum atomic E-state index is 11.5. The maximum absolute atomic E-state index is 11.5. The molecule has 0 bridgehead atoms. The van der Waals surface area contributed by atoms with Crippen molar-refractivity contribution in [2.45, 2.75) is 45.4 Å². The lowest BCUT2D eigenvalue weighted by molar-refractivity contribution is -0.166. The van der Waals surface area contributed by atoms with Crippen molar-refractivity contribution in [2.24, 2.45) is 0 Å². The lowest BCUT2D eigenvalue weighted by Gasteiger charge is -2.22. The number of carbonyl (C=O) groups excluding carboxylic acids is 3. The molecule has 0 aromatic carbocycles. The SMILES string of the molecule is COC(=O)C(C)(O)NC(=O)CCNC(=O)OC(C)(C)C. The largest absolute Gasteiger partial charge is 0.465 e. The summed E-state index contributed by atoms with van der Waals surface area (Å²) in [4.78, 5) is 33.9. The lowest BCUT2D eigenvalue weighted by atomic mass is 10.2. The Balaban J connectivity index is 4.07. The van der Waals surface area contributed by atoms with Gasteiger partial charge in [0.15, 0.2) is 0 Å². The van der Waals surface area contributed by atoms with Crippen LogP contribution >= 0.6 is 0 Å². The number of amides is 2. The molecule has 2 amide bonds. The molecule has 0 rings (SSSR count). The predicted molar refractivity (Wildman–Crippen MR) is 69.6 cm³/mol. The van der Waals surface area contributed by atoms with Crippen molar-refractivity contribution >= 4 is 18.0 Å². The number of ether oxygens (including phenoxy) is 2. The quantitative estimate of drug-likeness (QED) is 0.481. The highest BCUT2D eigenvalue weighted by Gasteiger charge is 2.33. The number of hydrogen-bond acceptors (Lipinski definition) is 6. The normalized spacial score (nSPS) is 13.9. The van der Waals surface area contributed by atoms with Gasteiger partial charge in [-0.15, -0.1) is 0 Å².